The number of unbranched alkanes of at least 4 members (excludes halogenated alkanes) is 5. The second kappa shape index (κ2) is 8.47. The van der Waals surface area contributed by atoms with Crippen molar-refractivity contribution >= 4 is 16.0 Å². The molecular weight excluding hydrogens is 240 g/mol. The standard InChI is InChI=1S/C11H24N2O3S/c1-3-4-5-6-7-8-9-10(11(12)13)16-17(2,14)15/h10H,3-9H2,1-2H3,(H3,12,13). The molecular formula is C11H24N2O3S. The van der Waals surface area contributed by atoms with Crippen molar-refractivity contribution < 1.29 is 12.6 Å². The third kappa shape index (κ3) is 10.3. The van der Waals surface area contributed by atoms with E-state index in [0.29, 0.717) is 6.42 Å². The Bertz CT molecular complexity index is 315. The molecule has 3 N–H and O–H groups in total. The normalized spacial score (nSPS) is 13.5. The van der Waals surface area contributed by atoms with Crippen LogP contribution in [0.4, 0.5) is 0 Å². The Hall–Kier alpha value is -0.620. The molecule has 0 aromatic rings. The smallest absolute Gasteiger partial charge is 0.265 e. The van der Waals surface area contributed by atoms with Crippen LogP contribution in [0.1, 0.15) is 51.9 Å². The van der Waals surface area contributed by atoms with Gasteiger partial charge in [-0.3, -0.25) is 9.59 Å². The molecule has 0 aliphatic carbocycles. The van der Waals surface area contributed by atoms with E-state index in [9.17, 15) is 8.42 Å². The Morgan fingerprint density at radius 3 is 2.24 bits per heavy atom. The Morgan fingerprint density at radius 1 is 1.24 bits per heavy atom. The quantitative estimate of drug-likeness (QED) is 0.273. The topological polar surface area (TPSA) is 93.2 Å². The number of hydrogen-bond donors (Lipinski definition) is 2. The van der Waals surface area contributed by atoms with Gasteiger partial charge in [0.05, 0.1) is 6.26 Å². The van der Waals surface area contributed by atoms with E-state index < -0.39 is 16.2 Å². The summed E-state index contributed by atoms with van der Waals surface area (Å²) in [5.41, 5.74) is 5.30. The molecule has 0 rings (SSSR count). The van der Waals surface area contributed by atoms with Crippen LogP contribution in [0.25, 0.3) is 0 Å². The first kappa shape index (κ1) is 16.4. The van der Waals surface area contributed by atoms with Gasteiger partial charge in [0, 0.05) is 0 Å². The largest absolute Gasteiger partial charge is 0.385 e. The molecule has 0 radical (unpaired) electrons. The lowest BCUT2D eigenvalue weighted by molar-refractivity contribution is 0.256. The molecule has 0 aliphatic rings. The monoisotopic (exact) mass is 264 g/mol. The zero-order chi connectivity index (χ0) is 13.3. The highest BCUT2D eigenvalue weighted by atomic mass is 32.2. The third-order valence-electron chi connectivity index (χ3n) is 2.46. The summed E-state index contributed by atoms with van der Waals surface area (Å²) in [7, 11) is -3.54. The van der Waals surface area contributed by atoms with Crippen LogP contribution in [0, 0.1) is 5.41 Å². The Kier molecular flexibility index (Phi) is 8.16. The van der Waals surface area contributed by atoms with Gasteiger partial charge in [-0.2, -0.15) is 8.42 Å². The minimum atomic E-state index is -3.54. The summed E-state index contributed by atoms with van der Waals surface area (Å²) in [6.45, 7) is 2.16. The first-order valence-corrected chi connectivity index (χ1v) is 7.90. The summed E-state index contributed by atoms with van der Waals surface area (Å²) >= 11 is 0. The number of rotatable bonds is 10. The average molecular weight is 264 g/mol. The lowest BCUT2D eigenvalue weighted by atomic mass is 10.1. The predicted molar refractivity (Wildman–Crippen MR) is 69.6 cm³/mol. The van der Waals surface area contributed by atoms with Crippen LogP contribution in [-0.2, 0) is 14.3 Å². The lowest BCUT2D eigenvalue weighted by Crippen LogP contribution is -2.32. The Labute approximate surface area is 104 Å². The maximum absolute atomic E-state index is 10.9. The van der Waals surface area contributed by atoms with Gasteiger partial charge in [-0.15, -0.1) is 0 Å². The summed E-state index contributed by atoms with van der Waals surface area (Å²) in [5.74, 6) is -0.219. The number of hydrogen-bond acceptors (Lipinski definition) is 4. The number of amidine groups is 1. The van der Waals surface area contributed by atoms with E-state index in [4.69, 9.17) is 15.3 Å². The van der Waals surface area contributed by atoms with Gasteiger partial charge in [-0.25, -0.2) is 0 Å². The van der Waals surface area contributed by atoms with Crippen LogP contribution in [0.2, 0.25) is 0 Å². The molecule has 0 saturated carbocycles. The highest BCUT2D eigenvalue weighted by molar-refractivity contribution is 7.86. The first-order valence-electron chi connectivity index (χ1n) is 6.09. The molecule has 1 unspecified atom stereocenters. The van der Waals surface area contributed by atoms with Gasteiger partial charge in [0.1, 0.15) is 11.9 Å². The fourth-order valence-electron chi connectivity index (χ4n) is 1.58. The minimum Gasteiger partial charge on any atom is -0.385 e. The van der Waals surface area contributed by atoms with Crippen molar-refractivity contribution in [3.05, 3.63) is 0 Å². The molecule has 6 heteroatoms. The maximum atomic E-state index is 10.9. The van der Waals surface area contributed by atoms with Crippen molar-refractivity contribution in [2.24, 2.45) is 5.73 Å². The van der Waals surface area contributed by atoms with Crippen molar-refractivity contribution in [2.45, 2.75) is 58.0 Å². The fraction of sp³-hybridized carbons (Fsp3) is 0.909. The molecule has 0 aliphatic heterocycles. The summed E-state index contributed by atoms with van der Waals surface area (Å²) in [4.78, 5) is 0. The third-order valence-corrected chi connectivity index (χ3v) is 3.04. The molecule has 0 saturated heterocycles. The highest BCUT2D eigenvalue weighted by Gasteiger charge is 2.17. The van der Waals surface area contributed by atoms with Gasteiger partial charge in [-0.1, -0.05) is 45.4 Å². The van der Waals surface area contributed by atoms with E-state index in [2.05, 4.69) is 6.92 Å². The predicted octanol–water partition coefficient (Wildman–Crippen LogP) is 2.02. The van der Waals surface area contributed by atoms with Crippen LogP contribution in [-0.4, -0.2) is 26.6 Å². The van der Waals surface area contributed by atoms with Gasteiger partial charge < -0.3 is 5.73 Å². The van der Waals surface area contributed by atoms with E-state index in [1.165, 1.54) is 19.3 Å². The molecule has 0 aromatic heterocycles. The van der Waals surface area contributed by atoms with Crippen LogP contribution in [0.5, 0.6) is 0 Å². The van der Waals surface area contributed by atoms with Gasteiger partial charge in [0.2, 0.25) is 0 Å². The molecule has 17 heavy (non-hydrogen) atoms. The summed E-state index contributed by atoms with van der Waals surface area (Å²) in [6.07, 6.45) is 7.31. The van der Waals surface area contributed by atoms with Crippen LogP contribution < -0.4 is 5.73 Å². The van der Waals surface area contributed by atoms with E-state index in [-0.39, 0.29) is 5.84 Å². The van der Waals surface area contributed by atoms with Crippen molar-refractivity contribution in [1.82, 2.24) is 0 Å². The van der Waals surface area contributed by atoms with Crippen LogP contribution in [0.3, 0.4) is 0 Å². The maximum Gasteiger partial charge on any atom is 0.265 e. The minimum absolute atomic E-state index is 0.219. The molecule has 0 spiro atoms. The molecule has 1 atom stereocenters. The molecule has 102 valence electrons. The Balaban J connectivity index is 3.83. The molecule has 0 fully saturated rings. The summed E-state index contributed by atoms with van der Waals surface area (Å²) < 4.78 is 26.6. The zero-order valence-electron chi connectivity index (χ0n) is 10.7. The van der Waals surface area contributed by atoms with Gasteiger partial charge in [-0.05, 0) is 6.42 Å². The van der Waals surface area contributed by atoms with E-state index in [1.54, 1.807) is 0 Å². The number of nitrogens with one attached hydrogen (secondary N) is 1. The van der Waals surface area contributed by atoms with Crippen LogP contribution in [0.15, 0.2) is 0 Å². The zero-order valence-corrected chi connectivity index (χ0v) is 11.6. The molecule has 5 nitrogen and oxygen atoms in total. The summed E-state index contributed by atoms with van der Waals surface area (Å²) in [6, 6.07) is 0. The number of nitrogens with two attached hydrogens (primary N) is 1. The van der Waals surface area contributed by atoms with Crippen molar-refractivity contribution in [2.75, 3.05) is 6.26 Å². The Morgan fingerprint density at radius 2 is 1.76 bits per heavy atom. The second-order valence-corrected chi connectivity index (χ2v) is 5.90. The van der Waals surface area contributed by atoms with Gasteiger partial charge in [0.15, 0.2) is 0 Å². The second-order valence-electron chi connectivity index (χ2n) is 4.30. The van der Waals surface area contributed by atoms with Crippen molar-refractivity contribution in [1.29, 1.82) is 5.41 Å². The first-order chi connectivity index (χ1) is 7.87. The van der Waals surface area contributed by atoms with Crippen molar-refractivity contribution in [3.8, 4) is 0 Å². The van der Waals surface area contributed by atoms with E-state index in [0.717, 1.165) is 25.5 Å². The fourth-order valence-corrected chi connectivity index (χ4v) is 2.20. The average Bonchev–Trinajstić information content (AvgIpc) is 2.19. The van der Waals surface area contributed by atoms with Gasteiger partial charge in [0.25, 0.3) is 10.1 Å². The van der Waals surface area contributed by atoms with E-state index in [1.807, 2.05) is 0 Å². The van der Waals surface area contributed by atoms with Crippen molar-refractivity contribution in [3.63, 3.8) is 0 Å². The highest BCUT2D eigenvalue weighted by Crippen LogP contribution is 2.11. The molecule has 0 amide bonds. The van der Waals surface area contributed by atoms with Gasteiger partial charge >= 0.3 is 0 Å². The summed E-state index contributed by atoms with van der Waals surface area (Å²) in [5, 5.41) is 7.27. The molecule has 0 aromatic carbocycles. The van der Waals surface area contributed by atoms with Crippen LogP contribution >= 0.6 is 0 Å². The lowest BCUT2D eigenvalue weighted by Gasteiger charge is -2.14. The molecule has 0 heterocycles. The molecule has 0 bridgehead atoms. The van der Waals surface area contributed by atoms with E-state index >= 15 is 0 Å². The SMILES string of the molecule is CCCCCCCCC(OS(C)(=O)=O)C(=N)N.